The fraction of sp³-hybridized carbons (Fsp3) is 0.600. The zero-order chi connectivity index (χ0) is 13.7. The van der Waals surface area contributed by atoms with Crippen LogP contribution in [0.2, 0.25) is 0 Å². The minimum Gasteiger partial charge on any atom is -0.388 e. The molecule has 1 rings (SSSR count). The molecular formula is C15H22F2O. The predicted octanol–water partition coefficient (Wildman–Crippen LogP) is 4.52. The van der Waals surface area contributed by atoms with Crippen molar-refractivity contribution in [2.75, 3.05) is 0 Å². The van der Waals surface area contributed by atoms with E-state index < -0.39 is 17.7 Å². The van der Waals surface area contributed by atoms with Crippen molar-refractivity contribution in [2.45, 2.75) is 52.6 Å². The van der Waals surface area contributed by atoms with Crippen molar-refractivity contribution in [3.63, 3.8) is 0 Å². The standard InChI is InChI=1S/C15H22F2O/c1-4-6-7-11(5-2)15(18)12-9-8-10(3)13(16)14(12)17/h8-9,11,15,18H,4-7H2,1-3H3. The van der Waals surface area contributed by atoms with Crippen LogP contribution in [0.3, 0.4) is 0 Å². The molecule has 0 radical (unpaired) electrons. The summed E-state index contributed by atoms with van der Waals surface area (Å²) in [5.74, 6) is -1.77. The fourth-order valence-corrected chi connectivity index (χ4v) is 2.19. The van der Waals surface area contributed by atoms with Crippen LogP contribution in [-0.4, -0.2) is 5.11 Å². The van der Waals surface area contributed by atoms with Gasteiger partial charge in [0.2, 0.25) is 0 Å². The van der Waals surface area contributed by atoms with Crippen LogP contribution in [0.5, 0.6) is 0 Å². The summed E-state index contributed by atoms with van der Waals surface area (Å²) in [6.07, 6.45) is 2.70. The van der Waals surface area contributed by atoms with Crippen LogP contribution in [0.4, 0.5) is 8.78 Å². The van der Waals surface area contributed by atoms with Gasteiger partial charge in [0.05, 0.1) is 6.10 Å². The lowest BCUT2D eigenvalue weighted by atomic mass is 9.88. The Balaban J connectivity index is 2.94. The first-order chi connectivity index (χ1) is 8.52. The van der Waals surface area contributed by atoms with Crippen molar-refractivity contribution in [3.05, 3.63) is 34.9 Å². The number of halogens is 2. The summed E-state index contributed by atoms with van der Waals surface area (Å²) in [5, 5.41) is 10.2. The predicted molar refractivity (Wildman–Crippen MR) is 69.4 cm³/mol. The van der Waals surface area contributed by atoms with E-state index in [4.69, 9.17) is 0 Å². The average molecular weight is 256 g/mol. The number of aliphatic hydroxyl groups excluding tert-OH is 1. The van der Waals surface area contributed by atoms with E-state index in [0.29, 0.717) is 0 Å². The SMILES string of the molecule is CCCCC(CC)C(O)c1ccc(C)c(F)c1F. The molecule has 18 heavy (non-hydrogen) atoms. The maximum absolute atomic E-state index is 13.8. The molecule has 0 aliphatic rings. The largest absolute Gasteiger partial charge is 0.388 e. The molecule has 2 atom stereocenters. The van der Waals surface area contributed by atoms with Gasteiger partial charge in [0.15, 0.2) is 11.6 Å². The first kappa shape index (κ1) is 15.1. The molecule has 0 fully saturated rings. The first-order valence-corrected chi connectivity index (χ1v) is 6.65. The van der Waals surface area contributed by atoms with Gasteiger partial charge in [0.1, 0.15) is 0 Å². The summed E-state index contributed by atoms with van der Waals surface area (Å²) in [6, 6.07) is 3.01. The van der Waals surface area contributed by atoms with Gasteiger partial charge in [-0.05, 0) is 24.8 Å². The van der Waals surface area contributed by atoms with E-state index in [1.807, 2.05) is 6.92 Å². The van der Waals surface area contributed by atoms with Crippen LogP contribution < -0.4 is 0 Å². The number of aliphatic hydroxyl groups is 1. The molecule has 102 valence electrons. The van der Waals surface area contributed by atoms with E-state index in [2.05, 4.69) is 6.92 Å². The molecule has 0 heterocycles. The summed E-state index contributed by atoms with van der Waals surface area (Å²) < 4.78 is 27.3. The zero-order valence-corrected chi connectivity index (χ0v) is 11.3. The van der Waals surface area contributed by atoms with Gasteiger partial charge in [-0.3, -0.25) is 0 Å². The Labute approximate surface area is 108 Å². The third-order valence-electron chi connectivity index (χ3n) is 3.52. The lowest BCUT2D eigenvalue weighted by molar-refractivity contribution is 0.0946. The monoisotopic (exact) mass is 256 g/mol. The van der Waals surface area contributed by atoms with E-state index >= 15 is 0 Å². The minimum absolute atomic E-state index is 0.0124. The molecule has 2 unspecified atom stereocenters. The van der Waals surface area contributed by atoms with Gasteiger partial charge in [-0.1, -0.05) is 45.2 Å². The Morgan fingerprint density at radius 1 is 1.17 bits per heavy atom. The van der Waals surface area contributed by atoms with Crippen LogP contribution in [-0.2, 0) is 0 Å². The Bertz CT molecular complexity index is 390. The highest BCUT2D eigenvalue weighted by Crippen LogP contribution is 2.31. The highest BCUT2D eigenvalue weighted by Gasteiger charge is 2.24. The second kappa shape index (κ2) is 6.83. The van der Waals surface area contributed by atoms with Gasteiger partial charge < -0.3 is 5.11 Å². The molecular weight excluding hydrogens is 234 g/mol. The maximum Gasteiger partial charge on any atom is 0.164 e. The summed E-state index contributed by atoms with van der Waals surface area (Å²) in [7, 11) is 0. The van der Waals surface area contributed by atoms with E-state index in [-0.39, 0.29) is 17.0 Å². The van der Waals surface area contributed by atoms with Gasteiger partial charge in [0, 0.05) is 5.56 Å². The van der Waals surface area contributed by atoms with Crippen LogP contribution in [0.15, 0.2) is 12.1 Å². The first-order valence-electron chi connectivity index (χ1n) is 6.65. The van der Waals surface area contributed by atoms with Gasteiger partial charge >= 0.3 is 0 Å². The van der Waals surface area contributed by atoms with Crippen molar-refractivity contribution in [2.24, 2.45) is 5.92 Å². The molecule has 0 amide bonds. The molecule has 1 nitrogen and oxygen atoms in total. The van der Waals surface area contributed by atoms with Gasteiger partial charge in [-0.2, -0.15) is 0 Å². The Morgan fingerprint density at radius 2 is 1.83 bits per heavy atom. The van der Waals surface area contributed by atoms with Gasteiger partial charge in [-0.15, -0.1) is 0 Å². The normalized spacial score (nSPS) is 14.6. The van der Waals surface area contributed by atoms with Crippen molar-refractivity contribution < 1.29 is 13.9 Å². The molecule has 1 aromatic rings. The maximum atomic E-state index is 13.8. The molecule has 0 bridgehead atoms. The van der Waals surface area contributed by atoms with Crippen molar-refractivity contribution >= 4 is 0 Å². The Hall–Kier alpha value is -0.960. The smallest absolute Gasteiger partial charge is 0.164 e. The van der Waals surface area contributed by atoms with Crippen LogP contribution >= 0.6 is 0 Å². The third-order valence-corrected chi connectivity index (χ3v) is 3.52. The minimum atomic E-state index is -0.920. The van der Waals surface area contributed by atoms with E-state index in [0.717, 1.165) is 25.7 Å². The van der Waals surface area contributed by atoms with Crippen LogP contribution in [0.1, 0.15) is 56.8 Å². The van der Waals surface area contributed by atoms with Gasteiger partial charge in [0.25, 0.3) is 0 Å². The highest BCUT2D eigenvalue weighted by atomic mass is 19.2. The number of hydrogen-bond acceptors (Lipinski definition) is 1. The fourth-order valence-electron chi connectivity index (χ4n) is 2.19. The zero-order valence-electron chi connectivity index (χ0n) is 11.3. The summed E-state index contributed by atoms with van der Waals surface area (Å²) >= 11 is 0. The second-order valence-corrected chi connectivity index (χ2v) is 4.86. The average Bonchev–Trinajstić information content (AvgIpc) is 2.37. The summed E-state index contributed by atoms with van der Waals surface area (Å²) in [4.78, 5) is 0. The molecule has 1 N–H and O–H groups in total. The quantitative estimate of drug-likeness (QED) is 0.793. The van der Waals surface area contributed by atoms with Crippen LogP contribution in [0.25, 0.3) is 0 Å². The lowest BCUT2D eigenvalue weighted by Crippen LogP contribution is -2.14. The molecule has 0 spiro atoms. The van der Waals surface area contributed by atoms with Crippen LogP contribution in [0, 0.1) is 24.5 Å². The van der Waals surface area contributed by atoms with E-state index in [1.165, 1.54) is 19.1 Å². The molecule has 0 aromatic heterocycles. The third kappa shape index (κ3) is 3.29. The van der Waals surface area contributed by atoms with Crippen molar-refractivity contribution in [1.82, 2.24) is 0 Å². The molecule has 0 saturated carbocycles. The van der Waals surface area contributed by atoms with E-state index in [9.17, 15) is 13.9 Å². The summed E-state index contributed by atoms with van der Waals surface area (Å²) in [6.45, 7) is 5.56. The van der Waals surface area contributed by atoms with Crippen molar-refractivity contribution in [1.29, 1.82) is 0 Å². The van der Waals surface area contributed by atoms with E-state index in [1.54, 1.807) is 0 Å². The second-order valence-electron chi connectivity index (χ2n) is 4.86. The molecule has 3 heteroatoms. The Morgan fingerprint density at radius 3 is 2.39 bits per heavy atom. The molecule has 0 aliphatic carbocycles. The lowest BCUT2D eigenvalue weighted by Gasteiger charge is -2.22. The molecule has 0 saturated heterocycles. The number of aryl methyl sites for hydroxylation is 1. The number of hydrogen-bond donors (Lipinski definition) is 1. The van der Waals surface area contributed by atoms with Crippen molar-refractivity contribution in [3.8, 4) is 0 Å². The topological polar surface area (TPSA) is 20.2 Å². The van der Waals surface area contributed by atoms with Gasteiger partial charge in [-0.25, -0.2) is 8.78 Å². The number of benzene rings is 1. The summed E-state index contributed by atoms with van der Waals surface area (Å²) in [5.41, 5.74) is 0.353. The molecule has 0 aliphatic heterocycles. The number of rotatable bonds is 6. The Kier molecular flexibility index (Phi) is 5.73. The molecule has 1 aromatic carbocycles. The highest BCUT2D eigenvalue weighted by molar-refractivity contribution is 5.27. The number of unbranched alkanes of at least 4 members (excludes halogenated alkanes) is 1.